The average molecular weight is 497 g/mol. The number of para-hydroxylation sites is 1. The predicted octanol–water partition coefficient (Wildman–Crippen LogP) is 5.17. The van der Waals surface area contributed by atoms with Gasteiger partial charge in [-0.15, -0.1) is 11.3 Å². The lowest BCUT2D eigenvalue weighted by Gasteiger charge is -2.29. The van der Waals surface area contributed by atoms with Crippen LogP contribution in [0.3, 0.4) is 0 Å². The number of aromatic nitrogens is 1. The van der Waals surface area contributed by atoms with Crippen LogP contribution in [0.2, 0.25) is 0 Å². The number of benzene rings is 3. The van der Waals surface area contributed by atoms with Crippen molar-refractivity contribution in [3.05, 3.63) is 101 Å². The number of urea groups is 1. The minimum atomic E-state index is -1.01. The Labute approximate surface area is 214 Å². The summed E-state index contributed by atoms with van der Waals surface area (Å²) in [6.45, 7) is 1.11. The first-order chi connectivity index (χ1) is 17.6. The summed E-state index contributed by atoms with van der Waals surface area (Å²) in [4.78, 5) is 35.8. The van der Waals surface area contributed by atoms with E-state index in [9.17, 15) is 9.59 Å². The van der Waals surface area contributed by atoms with Gasteiger partial charge in [-0.05, 0) is 36.1 Å². The maximum absolute atomic E-state index is 14.0. The van der Waals surface area contributed by atoms with Crippen molar-refractivity contribution in [3.63, 3.8) is 0 Å². The van der Waals surface area contributed by atoms with Gasteiger partial charge in [0.2, 0.25) is 0 Å². The molecule has 0 unspecified atom stereocenters. The molecule has 4 aromatic rings. The summed E-state index contributed by atoms with van der Waals surface area (Å²) in [5.41, 5.74) is 2.05. The zero-order valence-corrected chi connectivity index (χ0v) is 20.8. The van der Waals surface area contributed by atoms with Crippen LogP contribution in [0.5, 0.6) is 0 Å². The van der Waals surface area contributed by atoms with E-state index in [1.54, 1.807) is 11.3 Å². The molecule has 3 amide bonds. The Hall–Kier alpha value is -3.55. The van der Waals surface area contributed by atoms with Crippen LogP contribution in [0.1, 0.15) is 35.0 Å². The third-order valence-electron chi connectivity index (χ3n) is 7.23. The Kier molecular flexibility index (Phi) is 6.03. The number of imide groups is 1. The van der Waals surface area contributed by atoms with E-state index in [0.29, 0.717) is 12.8 Å². The number of amides is 3. The van der Waals surface area contributed by atoms with Gasteiger partial charge < -0.3 is 5.32 Å². The van der Waals surface area contributed by atoms with E-state index in [4.69, 9.17) is 4.98 Å². The number of nitrogens with zero attached hydrogens (tertiary/aromatic N) is 3. The SMILES string of the molecule is O=C1NC(Cc2ccccc2)(Cc2ccccc2)C(=O)N1CN1CCC[C@@H]1c1nc2ccccc2s1. The van der Waals surface area contributed by atoms with Gasteiger partial charge in [0.25, 0.3) is 5.91 Å². The first-order valence-electron chi connectivity index (χ1n) is 12.4. The summed E-state index contributed by atoms with van der Waals surface area (Å²) >= 11 is 1.70. The molecule has 0 radical (unpaired) electrons. The molecule has 1 N–H and O–H groups in total. The van der Waals surface area contributed by atoms with E-state index < -0.39 is 5.54 Å². The molecule has 6 nitrogen and oxygen atoms in total. The van der Waals surface area contributed by atoms with E-state index in [-0.39, 0.29) is 24.6 Å². The predicted molar refractivity (Wildman–Crippen MR) is 142 cm³/mol. The molecule has 7 heteroatoms. The van der Waals surface area contributed by atoms with Crippen molar-refractivity contribution in [1.29, 1.82) is 0 Å². The molecular formula is C29H28N4O2S. The quantitative estimate of drug-likeness (QED) is 0.359. The monoisotopic (exact) mass is 496 g/mol. The minimum absolute atomic E-state index is 0.112. The Bertz CT molecular complexity index is 1310. The average Bonchev–Trinajstić information content (AvgIpc) is 3.59. The van der Waals surface area contributed by atoms with Crippen LogP contribution in [0, 0.1) is 0 Å². The molecule has 3 heterocycles. The van der Waals surface area contributed by atoms with E-state index in [1.807, 2.05) is 78.9 Å². The van der Waals surface area contributed by atoms with Crippen LogP contribution in [0.15, 0.2) is 84.9 Å². The third kappa shape index (κ3) is 4.29. The number of carbonyl (C=O) groups is 2. The molecule has 3 aromatic carbocycles. The topological polar surface area (TPSA) is 65.5 Å². The lowest BCUT2D eigenvalue weighted by atomic mass is 9.84. The van der Waals surface area contributed by atoms with Crippen molar-refractivity contribution in [2.75, 3.05) is 13.2 Å². The maximum Gasteiger partial charge on any atom is 0.326 e. The number of fused-ring (bicyclic) bond motifs is 1. The number of rotatable bonds is 7. The molecule has 0 spiro atoms. The van der Waals surface area contributed by atoms with Crippen LogP contribution in [0.25, 0.3) is 10.2 Å². The van der Waals surface area contributed by atoms with Gasteiger partial charge in [0.1, 0.15) is 10.5 Å². The number of likely N-dealkylation sites (tertiary alicyclic amines) is 1. The summed E-state index contributed by atoms with van der Waals surface area (Å²) in [6.07, 6.45) is 2.89. The first-order valence-corrected chi connectivity index (χ1v) is 13.2. The number of nitrogens with one attached hydrogen (secondary N) is 1. The number of hydrogen-bond donors (Lipinski definition) is 1. The van der Waals surface area contributed by atoms with Gasteiger partial charge in [-0.1, -0.05) is 72.8 Å². The van der Waals surface area contributed by atoms with Gasteiger partial charge in [-0.2, -0.15) is 0 Å². The molecule has 2 aliphatic rings. The van der Waals surface area contributed by atoms with Crippen LogP contribution in [0.4, 0.5) is 4.79 Å². The molecule has 2 saturated heterocycles. The van der Waals surface area contributed by atoms with Crippen molar-refractivity contribution >= 4 is 33.5 Å². The second-order valence-electron chi connectivity index (χ2n) is 9.70. The summed E-state index contributed by atoms with van der Waals surface area (Å²) < 4.78 is 1.17. The van der Waals surface area contributed by atoms with Gasteiger partial charge in [0.15, 0.2) is 0 Å². The van der Waals surface area contributed by atoms with Gasteiger partial charge in [0.05, 0.1) is 22.9 Å². The second kappa shape index (κ2) is 9.48. The van der Waals surface area contributed by atoms with Crippen LogP contribution < -0.4 is 5.32 Å². The smallest absolute Gasteiger partial charge is 0.322 e. The van der Waals surface area contributed by atoms with Gasteiger partial charge in [0, 0.05) is 19.4 Å². The molecule has 1 aromatic heterocycles. The highest BCUT2D eigenvalue weighted by Crippen LogP contribution is 2.37. The molecule has 0 bridgehead atoms. The van der Waals surface area contributed by atoms with Crippen LogP contribution >= 0.6 is 11.3 Å². The van der Waals surface area contributed by atoms with Crippen molar-refractivity contribution in [2.45, 2.75) is 37.3 Å². The fourth-order valence-corrected chi connectivity index (χ4v) is 6.62. The Morgan fingerprint density at radius 2 is 1.53 bits per heavy atom. The standard InChI is InChI=1S/C29H28N4O2S/c34-27-29(18-21-10-3-1-4-11-21,19-22-12-5-2-6-13-22)31-28(35)33(27)20-32-17-9-15-24(32)26-30-23-14-7-8-16-25(23)36-26/h1-8,10-14,16,24H,9,15,17-20H2,(H,31,35)/t24-/m1/s1. The zero-order chi connectivity index (χ0) is 24.5. The van der Waals surface area contributed by atoms with E-state index in [1.165, 1.54) is 9.60 Å². The van der Waals surface area contributed by atoms with Crippen molar-refractivity contribution in [2.24, 2.45) is 0 Å². The molecule has 36 heavy (non-hydrogen) atoms. The highest BCUT2D eigenvalue weighted by atomic mass is 32.1. The van der Waals surface area contributed by atoms with Crippen molar-refractivity contribution < 1.29 is 9.59 Å². The van der Waals surface area contributed by atoms with E-state index in [0.717, 1.165) is 41.0 Å². The van der Waals surface area contributed by atoms with Crippen molar-refractivity contribution in [3.8, 4) is 0 Å². The summed E-state index contributed by atoms with van der Waals surface area (Å²) in [7, 11) is 0. The third-order valence-corrected chi connectivity index (χ3v) is 8.36. The molecule has 0 aliphatic carbocycles. The van der Waals surface area contributed by atoms with Gasteiger partial charge in [-0.25, -0.2) is 14.7 Å². The molecule has 182 valence electrons. The highest BCUT2D eigenvalue weighted by molar-refractivity contribution is 7.18. The van der Waals surface area contributed by atoms with Crippen LogP contribution in [-0.2, 0) is 17.6 Å². The Balaban J connectivity index is 1.27. The van der Waals surface area contributed by atoms with Gasteiger partial charge in [-0.3, -0.25) is 9.69 Å². The number of carbonyl (C=O) groups excluding carboxylic acids is 2. The maximum atomic E-state index is 14.0. The first kappa shape index (κ1) is 22.9. The molecule has 6 rings (SSSR count). The Morgan fingerprint density at radius 3 is 2.19 bits per heavy atom. The lowest BCUT2D eigenvalue weighted by molar-refractivity contribution is -0.133. The minimum Gasteiger partial charge on any atom is -0.322 e. The molecular weight excluding hydrogens is 468 g/mol. The lowest BCUT2D eigenvalue weighted by Crippen LogP contribution is -2.51. The van der Waals surface area contributed by atoms with E-state index in [2.05, 4.69) is 16.3 Å². The second-order valence-corrected chi connectivity index (χ2v) is 10.8. The molecule has 2 fully saturated rings. The number of thiazole rings is 1. The van der Waals surface area contributed by atoms with Crippen LogP contribution in [-0.4, -0.2) is 45.5 Å². The summed E-state index contributed by atoms with van der Waals surface area (Å²) in [6, 6.07) is 27.8. The fraction of sp³-hybridized carbons (Fsp3) is 0.276. The zero-order valence-electron chi connectivity index (χ0n) is 20.0. The molecule has 1 atom stereocenters. The van der Waals surface area contributed by atoms with Crippen molar-refractivity contribution in [1.82, 2.24) is 20.1 Å². The fourth-order valence-electron chi connectivity index (χ4n) is 5.48. The summed E-state index contributed by atoms with van der Waals surface area (Å²) in [5.74, 6) is -0.157. The highest BCUT2D eigenvalue weighted by Gasteiger charge is 2.52. The largest absolute Gasteiger partial charge is 0.326 e. The number of hydrogen-bond acceptors (Lipinski definition) is 5. The Morgan fingerprint density at radius 1 is 0.889 bits per heavy atom. The summed E-state index contributed by atoms with van der Waals surface area (Å²) in [5, 5.41) is 4.17. The molecule has 2 aliphatic heterocycles. The molecule has 0 saturated carbocycles. The normalized spacial score (nSPS) is 19.8. The van der Waals surface area contributed by atoms with E-state index >= 15 is 0 Å². The van der Waals surface area contributed by atoms with Gasteiger partial charge >= 0.3 is 6.03 Å².